The van der Waals surface area contributed by atoms with Crippen molar-refractivity contribution in [1.29, 1.82) is 0 Å². The molecule has 25 heavy (non-hydrogen) atoms. The SMILES string of the molecule is Cc1ccc(S(=O)(=O)O[C@@H]2C[C@H](CO)N(Cc3ccccc3)C2)cc1. The lowest BCUT2D eigenvalue weighted by Crippen LogP contribution is -2.32. The second-order valence-electron chi connectivity index (χ2n) is 6.47. The maximum atomic E-state index is 12.5. The van der Waals surface area contributed by atoms with Gasteiger partial charge < -0.3 is 5.11 Å². The standard InChI is InChI=1S/C19H23NO4S/c1-15-7-9-19(10-8-15)25(22,23)24-18-11-17(14-21)20(13-18)12-16-5-3-2-4-6-16/h2-10,17-18,21H,11-14H2,1H3/t17-,18-/m1/s1. The van der Waals surface area contributed by atoms with E-state index in [1.807, 2.05) is 37.3 Å². The third-order valence-corrected chi connectivity index (χ3v) is 5.88. The fraction of sp³-hybridized carbons (Fsp3) is 0.368. The molecule has 0 spiro atoms. The fourth-order valence-electron chi connectivity index (χ4n) is 3.15. The molecule has 0 saturated carbocycles. The van der Waals surface area contributed by atoms with Crippen LogP contribution in [0.25, 0.3) is 0 Å². The van der Waals surface area contributed by atoms with Crippen LogP contribution in [0.5, 0.6) is 0 Å². The van der Waals surface area contributed by atoms with Crippen LogP contribution in [-0.4, -0.2) is 43.7 Å². The van der Waals surface area contributed by atoms with Crippen molar-refractivity contribution in [3.8, 4) is 0 Å². The van der Waals surface area contributed by atoms with Gasteiger partial charge in [0.2, 0.25) is 0 Å². The van der Waals surface area contributed by atoms with Crippen molar-refractivity contribution in [2.45, 2.75) is 36.9 Å². The zero-order valence-corrected chi connectivity index (χ0v) is 15.0. The molecule has 0 bridgehead atoms. The lowest BCUT2D eigenvalue weighted by molar-refractivity contribution is 0.152. The van der Waals surface area contributed by atoms with Gasteiger partial charge in [0.15, 0.2) is 0 Å². The van der Waals surface area contributed by atoms with E-state index in [2.05, 4.69) is 4.90 Å². The minimum absolute atomic E-state index is 0.0166. The van der Waals surface area contributed by atoms with Gasteiger partial charge in [-0.2, -0.15) is 8.42 Å². The minimum Gasteiger partial charge on any atom is -0.395 e. The van der Waals surface area contributed by atoms with Gasteiger partial charge in [0.05, 0.1) is 17.6 Å². The van der Waals surface area contributed by atoms with E-state index < -0.39 is 16.2 Å². The molecule has 1 saturated heterocycles. The van der Waals surface area contributed by atoms with Crippen molar-refractivity contribution in [2.75, 3.05) is 13.2 Å². The van der Waals surface area contributed by atoms with Gasteiger partial charge in [-0.3, -0.25) is 9.08 Å². The minimum atomic E-state index is -3.80. The van der Waals surface area contributed by atoms with E-state index in [-0.39, 0.29) is 17.5 Å². The summed E-state index contributed by atoms with van der Waals surface area (Å²) < 4.78 is 30.4. The van der Waals surface area contributed by atoms with Crippen molar-refractivity contribution < 1.29 is 17.7 Å². The first kappa shape index (κ1) is 18.1. The van der Waals surface area contributed by atoms with E-state index in [4.69, 9.17) is 4.18 Å². The summed E-state index contributed by atoms with van der Waals surface area (Å²) in [7, 11) is -3.80. The first-order valence-corrected chi connectivity index (χ1v) is 9.77. The van der Waals surface area contributed by atoms with Crippen molar-refractivity contribution in [2.24, 2.45) is 0 Å². The normalized spacial score (nSPS) is 21.5. The Morgan fingerprint density at radius 1 is 1.12 bits per heavy atom. The fourth-order valence-corrected chi connectivity index (χ4v) is 4.23. The third-order valence-electron chi connectivity index (χ3n) is 4.50. The monoisotopic (exact) mass is 361 g/mol. The molecule has 2 aromatic rings. The number of hydrogen-bond donors (Lipinski definition) is 1. The third kappa shape index (κ3) is 4.46. The number of nitrogens with zero attached hydrogens (tertiary/aromatic N) is 1. The molecule has 1 aliphatic heterocycles. The van der Waals surface area contributed by atoms with Crippen LogP contribution in [0.2, 0.25) is 0 Å². The van der Waals surface area contributed by atoms with E-state index in [1.165, 1.54) is 0 Å². The first-order valence-electron chi connectivity index (χ1n) is 8.37. The molecule has 0 amide bonds. The van der Waals surface area contributed by atoms with Crippen LogP contribution in [0.1, 0.15) is 17.5 Å². The van der Waals surface area contributed by atoms with E-state index >= 15 is 0 Å². The van der Waals surface area contributed by atoms with Gasteiger partial charge in [0, 0.05) is 19.1 Å². The van der Waals surface area contributed by atoms with Crippen LogP contribution >= 0.6 is 0 Å². The summed E-state index contributed by atoms with van der Waals surface area (Å²) in [5, 5.41) is 9.63. The average molecular weight is 361 g/mol. The molecule has 2 aromatic carbocycles. The molecule has 0 aromatic heterocycles. The van der Waals surface area contributed by atoms with Crippen molar-refractivity contribution in [3.63, 3.8) is 0 Å². The molecule has 134 valence electrons. The predicted molar refractivity (Wildman–Crippen MR) is 95.6 cm³/mol. The van der Waals surface area contributed by atoms with Gasteiger partial charge in [-0.15, -0.1) is 0 Å². The highest BCUT2D eigenvalue weighted by Crippen LogP contribution is 2.26. The van der Waals surface area contributed by atoms with Crippen LogP contribution in [0.3, 0.4) is 0 Å². The highest BCUT2D eigenvalue weighted by atomic mass is 32.2. The summed E-state index contributed by atoms with van der Waals surface area (Å²) in [5.74, 6) is 0. The smallest absolute Gasteiger partial charge is 0.297 e. The number of hydrogen-bond acceptors (Lipinski definition) is 5. The summed E-state index contributed by atoms with van der Waals surface area (Å²) in [6, 6.07) is 16.5. The van der Waals surface area contributed by atoms with Crippen LogP contribution in [0, 0.1) is 6.92 Å². The van der Waals surface area contributed by atoms with Crippen molar-refractivity contribution in [3.05, 3.63) is 65.7 Å². The Morgan fingerprint density at radius 2 is 1.80 bits per heavy atom. The maximum absolute atomic E-state index is 12.5. The van der Waals surface area contributed by atoms with Gasteiger partial charge in [-0.1, -0.05) is 48.0 Å². The topological polar surface area (TPSA) is 66.8 Å². The molecule has 0 aliphatic carbocycles. The Hall–Kier alpha value is -1.73. The molecule has 1 aliphatic rings. The van der Waals surface area contributed by atoms with E-state index in [0.29, 0.717) is 19.5 Å². The molecule has 3 rings (SSSR count). The van der Waals surface area contributed by atoms with E-state index in [1.54, 1.807) is 24.3 Å². The highest BCUT2D eigenvalue weighted by Gasteiger charge is 2.35. The number of aliphatic hydroxyl groups excluding tert-OH is 1. The Balaban J connectivity index is 1.68. The largest absolute Gasteiger partial charge is 0.395 e. The summed E-state index contributed by atoms with van der Waals surface area (Å²) in [6.07, 6.45) is 0.0428. The first-order chi connectivity index (χ1) is 12.0. The molecule has 5 nitrogen and oxygen atoms in total. The molecule has 1 fully saturated rings. The molecule has 2 atom stereocenters. The van der Waals surface area contributed by atoms with Gasteiger partial charge in [0.1, 0.15) is 0 Å². The van der Waals surface area contributed by atoms with Gasteiger partial charge in [-0.25, -0.2) is 0 Å². The Kier molecular flexibility index (Phi) is 5.54. The summed E-state index contributed by atoms with van der Waals surface area (Å²) in [5.41, 5.74) is 2.12. The van der Waals surface area contributed by atoms with Crippen LogP contribution < -0.4 is 0 Å². The van der Waals surface area contributed by atoms with Crippen LogP contribution in [0.15, 0.2) is 59.5 Å². The van der Waals surface area contributed by atoms with Crippen molar-refractivity contribution in [1.82, 2.24) is 4.90 Å². The van der Waals surface area contributed by atoms with Gasteiger partial charge >= 0.3 is 0 Å². The Morgan fingerprint density at radius 3 is 2.44 bits per heavy atom. The summed E-state index contributed by atoms with van der Waals surface area (Å²) in [6.45, 7) is 3.03. The zero-order chi connectivity index (χ0) is 17.9. The zero-order valence-electron chi connectivity index (χ0n) is 14.2. The number of benzene rings is 2. The predicted octanol–water partition coefficient (Wildman–Crippen LogP) is 2.34. The summed E-state index contributed by atoms with van der Waals surface area (Å²) >= 11 is 0. The maximum Gasteiger partial charge on any atom is 0.297 e. The van der Waals surface area contributed by atoms with Gasteiger partial charge in [0.25, 0.3) is 10.1 Å². The Labute approximate surface area is 149 Å². The number of aliphatic hydroxyl groups is 1. The van der Waals surface area contributed by atoms with E-state index in [0.717, 1.165) is 11.1 Å². The van der Waals surface area contributed by atoms with Crippen LogP contribution in [-0.2, 0) is 20.8 Å². The molecule has 0 unspecified atom stereocenters. The number of likely N-dealkylation sites (tertiary alicyclic amines) is 1. The summed E-state index contributed by atoms with van der Waals surface area (Å²) in [4.78, 5) is 2.24. The quantitative estimate of drug-likeness (QED) is 0.800. The van der Waals surface area contributed by atoms with Crippen LogP contribution in [0.4, 0.5) is 0 Å². The second kappa shape index (κ2) is 7.66. The number of aryl methyl sites for hydroxylation is 1. The number of rotatable bonds is 6. The molecule has 1 heterocycles. The molecular formula is C19H23NO4S. The highest BCUT2D eigenvalue weighted by molar-refractivity contribution is 7.86. The lowest BCUT2D eigenvalue weighted by Gasteiger charge is -2.22. The van der Waals surface area contributed by atoms with Crippen molar-refractivity contribution >= 4 is 10.1 Å². The Bertz CT molecular complexity index is 790. The van der Waals surface area contributed by atoms with Gasteiger partial charge in [-0.05, 0) is 31.0 Å². The molecular weight excluding hydrogens is 338 g/mol. The molecule has 1 N–H and O–H groups in total. The second-order valence-corrected chi connectivity index (χ2v) is 8.04. The molecule has 0 radical (unpaired) electrons. The van der Waals surface area contributed by atoms with E-state index in [9.17, 15) is 13.5 Å². The lowest BCUT2D eigenvalue weighted by atomic mass is 10.2. The average Bonchev–Trinajstić information content (AvgIpc) is 2.97. The molecule has 6 heteroatoms.